The highest BCUT2D eigenvalue weighted by atomic mass is 32.1. The molecule has 3 rings (SSSR count). The van der Waals surface area contributed by atoms with Gasteiger partial charge in [-0.3, -0.25) is 10.2 Å². The van der Waals surface area contributed by atoms with Crippen LogP contribution in [0.5, 0.6) is 5.75 Å². The van der Waals surface area contributed by atoms with E-state index < -0.39 is 0 Å². The lowest BCUT2D eigenvalue weighted by Gasteiger charge is -2.04. The average Bonchev–Trinajstić information content (AvgIpc) is 3.13. The van der Waals surface area contributed by atoms with Crippen LogP contribution in [0.4, 0.5) is 0 Å². The van der Waals surface area contributed by atoms with Gasteiger partial charge in [0.2, 0.25) is 5.78 Å². The van der Waals surface area contributed by atoms with Gasteiger partial charge in [-0.2, -0.15) is 0 Å². The van der Waals surface area contributed by atoms with Crippen molar-refractivity contribution in [2.45, 2.75) is 0 Å². The first kappa shape index (κ1) is 13.8. The summed E-state index contributed by atoms with van der Waals surface area (Å²) in [6.07, 6.45) is 0. The summed E-state index contributed by atoms with van der Waals surface area (Å²) in [6, 6.07) is 11.1. The van der Waals surface area contributed by atoms with Gasteiger partial charge < -0.3 is 10.5 Å². The molecule has 2 heterocycles. The second kappa shape index (κ2) is 5.67. The van der Waals surface area contributed by atoms with E-state index in [9.17, 15) is 4.79 Å². The van der Waals surface area contributed by atoms with E-state index in [0.717, 1.165) is 15.0 Å². The fourth-order valence-electron chi connectivity index (χ4n) is 1.89. The number of fused-ring (bicyclic) bond motifs is 1. The summed E-state index contributed by atoms with van der Waals surface area (Å²) in [6.45, 7) is 0.0248. The minimum atomic E-state index is -0.0271. The number of nitrogens with two attached hydrogens (primary N) is 1. The molecule has 0 fully saturated rings. The van der Waals surface area contributed by atoms with E-state index in [1.807, 2.05) is 35.7 Å². The summed E-state index contributed by atoms with van der Waals surface area (Å²) in [5, 5.41) is 10.3. The van der Waals surface area contributed by atoms with Crippen LogP contribution < -0.4 is 10.5 Å². The van der Waals surface area contributed by atoms with Gasteiger partial charge in [0, 0.05) is 4.70 Å². The van der Waals surface area contributed by atoms with Crippen LogP contribution in [0.15, 0.2) is 41.8 Å². The fourth-order valence-corrected chi connectivity index (χ4v) is 3.50. The number of carbonyl (C=O) groups excluding carboxylic acids is 1. The summed E-state index contributed by atoms with van der Waals surface area (Å²) in [5.74, 6) is 0.677. The highest BCUT2D eigenvalue weighted by Crippen LogP contribution is 2.29. The second-order valence-corrected chi connectivity index (χ2v) is 6.44. The van der Waals surface area contributed by atoms with Crippen molar-refractivity contribution in [3.63, 3.8) is 0 Å². The van der Waals surface area contributed by atoms with Gasteiger partial charge in [0.25, 0.3) is 0 Å². The Bertz CT molecular complexity index is 806. The van der Waals surface area contributed by atoms with Crippen molar-refractivity contribution in [3.8, 4) is 5.75 Å². The number of hydrogen-bond donors (Lipinski definition) is 2. The SMILES string of the molecule is N=C(N)c1cc2ccc(OCC(=O)c3cccs3)cc2s1. The monoisotopic (exact) mass is 316 g/mol. The lowest BCUT2D eigenvalue weighted by molar-refractivity contribution is 0.0925. The highest BCUT2D eigenvalue weighted by Gasteiger charge is 2.09. The van der Waals surface area contributed by atoms with E-state index in [-0.39, 0.29) is 18.2 Å². The third-order valence-electron chi connectivity index (χ3n) is 2.92. The fraction of sp³-hybridized carbons (Fsp3) is 0.0667. The molecule has 0 saturated heterocycles. The summed E-state index contributed by atoms with van der Waals surface area (Å²) in [7, 11) is 0. The zero-order valence-electron chi connectivity index (χ0n) is 11.0. The first-order chi connectivity index (χ1) is 10.1. The Labute approximate surface area is 129 Å². The van der Waals surface area contributed by atoms with Crippen molar-refractivity contribution in [1.82, 2.24) is 0 Å². The van der Waals surface area contributed by atoms with E-state index >= 15 is 0 Å². The first-order valence-corrected chi connectivity index (χ1v) is 7.90. The zero-order valence-corrected chi connectivity index (χ0v) is 12.6. The van der Waals surface area contributed by atoms with Crippen LogP contribution in [-0.2, 0) is 0 Å². The van der Waals surface area contributed by atoms with Crippen LogP contribution in [0.3, 0.4) is 0 Å². The molecule has 6 heteroatoms. The number of hydrogen-bond acceptors (Lipinski definition) is 5. The number of ketones is 1. The van der Waals surface area contributed by atoms with Crippen LogP contribution >= 0.6 is 22.7 Å². The summed E-state index contributed by atoms with van der Waals surface area (Å²) >= 11 is 2.85. The highest BCUT2D eigenvalue weighted by molar-refractivity contribution is 7.20. The number of nitrogens with one attached hydrogen (secondary N) is 1. The molecule has 21 heavy (non-hydrogen) atoms. The Kier molecular flexibility index (Phi) is 3.72. The third-order valence-corrected chi connectivity index (χ3v) is 4.96. The predicted octanol–water partition coefficient (Wildman–Crippen LogP) is 3.51. The molecule has 0 unspecified atom stereocenters. The number of benzene rings is 1. The zero-order chi connectivity index (χ0) is 14.8. The lowest BCUT2D eigenvalue weighted by atomic mass is 10.2. The minimum Gasteiger partial charge on any atom is -0.485 e. The van der Waals surface area contributed by atoms with Gasteiger partial charge in [0.1, 0.15) is 11.6 Å². The minimum absolute atomic E-state index is 0.0248. The Morgan fingerprint density at radius 3 is 2.81 bits per heavy atom. The number of nitrogen functional groups attached to an aromatic ring is 1. The van der Waals surface area contributed by atoms with Crippen molar-refractivity contribution in [2.24, 2.45) is 5.73 Å². The Balaban J connectivity index is 1.75. The van der Waals surface area contributed by atoms with Gasteiger partial charge in [0.15, 0.2) is 6.61 Å². The lowest BCUT2D eigenvalue weighted by Crippen LogP contribution is -2.09. The Hall–Kier alpha value is -2.18. The van der Waals surface area contributed by atoms with Gasteiger partial charge in [-0.05, 0) is 41.1 Å². The molecule has 0 aliphatic carbocycles. The van der Waals surface area contributed by atoms with E-state index in [4.69, 9.17) is 15.9 Å². The number of rotatable bonds is 5. The van der Waals surface area contributed by atoms with Gasteiger partial charge in [-0.1, -0.05) is 6.07 Å². The smallest absolute Gasteiger partial charge is 0.210 e. The number of ether oxygens (including phenoxy) is 1. The molecule has 0 aliphatic heterocycles. The van der Waals surface area contributed by atoms with E-state index in [2.05, 4.69) is 0 Å². The first-order valence-electron chi connectivity index (χ1n) is 6.21. The summed E-state index contributed by atoms with van der Waals surface area (Å²) in [5.41, 5.74) is 5.49. The van der Waals surface area contributed by atoms with Gasteiger partial charge in [-0.15, -0.1) is 22.7 Å². The maximum absolute atomic E-state index is 11.9. The molecule has 0 amide bonds. The van der Waals surface area contributed by atoms with E-state index in [1.165, 1.54) is 22.7 Å². The molecule has 0 bridgehead atoms. The molecule has 3 aromatic rings. The second-order valence-electron chi connectivity index (χ2n) is 4.41. The van der Waals surface area contributed by atoms with Crippen LogP contribution in [0.25, 0.3) is 10.1 Å². The Morgan fingerprint density at radius 1 is 1.24 bits per heavy atom. The molecule has 1 aromatic carbocycles. The quantitative estimate of drug-likeness (QED) is 0.429. The average molecular weight is 316 g/mol. The molecule has 4 nitrogen and oxygen atoms in total. The van der Waals surface area contributed by atoms with E-state index in [0.29, 0.717) is 10.6 Å². The molecule has 0 radical (unpaired) electrons. The molecule has 0 atom stereocenters. The van der Waals surface area contributed by atoms with Crippen LogP contribution in [0, 0.1) is 5.41 Å². The number of Topliss-reactive ketones (excluding diaryl/α,β-unsaturated/α-hetero) is 1. The molecule has 3 N–H and O–H groups in total. The normalized spacial score (nSPS) is 10.7. The van der Waals surface area contributed by atoms with Crippen molar-refractivity contribution in [1.29, 1.82) is 5.41 Å². The van der Waals surface area contributed by atoms with Crippen LogP contribution in [-0.4, -0.2) is 18.2 Å². The maximum Gasteiger partial charge on any atom is 0.210 e. The molecule has 2 aromatic heterocycles. The van der Waals surface area contributed by atoms with Crippen molar-refractivity contribution in [3.05, 3.63) is 51.5 Å². The number of thiophene rings is 2. The van der Waals surface area contributed by atoms with E-state index in [1.54, 1.807) is 6.07 Å². The third kappa shape index (κ3) is 2.96. The molecular formula is C15H12N2O2S2. The van der Waals surface area contributed by atoms with Gasteiger partial charge in [-0.25, -0.2) is 0 Å². The maximum atomic E-state index is 11.9. The number of amidine groups is 1. The van der Waals surface area contributed by atoms with Crippen LogP contribution in [0.2, 0.25) is 0 Å². The summed E-state index contributed by atoms with van der Waals surface area (Å²) < 4.78 is 6.54. The standard InChI is InChI=1S/C15H12N2O2S2/c16-15(17)14-6-9-3-4-10(7-13(9)21-14)19-8-11(18)12-2-1-5-20-12/h1-7H,8H2,(H3,16,17). The Morgan fingerprint density at radius 2 is 2.10 bits per heavy atom. The molecule has 0 saturated carbocycles. The van der Waals surface area contributed by atoms with Gasteiger partial charge >= 0.3 is 0 Å². The van der Waals surface area contributed by atoms with Crippen molar-refractivity contribution in [2.75, 3.05) is 6.61 Å². The molecule has 0 spiro atoms. The van der Waals surface area contributed by atoms with Gasteiger partial charge in [0.05, 0.1) is 9.75 Å². The molecule has 106 valence electrons. The topological polar surface area (TPSA) is 76.2 Å². The largest absolute Gasteiger partial charge is 0.485 e. The molecule has 0 aliphatic rings. The van der Waals surface area contributed by atoms with Crippen molar-refractivity contribution >= 4 is 44.4 Å². The number of carbonyl (C=O) groups is 1. The predicted molar refractivity (Wildman–Crippen MR) is 87.0 cm³/mol. The summed E-state index contributed by atoms with van der Waals surface area (Å²) in [4.78, 5) is 13.3. The molecular weight excluding hydrogens is 304 g/mol. The van der Waals surface area contributed by atoms with Crippen molar-refractivity contribution < 1.29 is 9.53 Å². The van der Waals surface area contributed by atoms with Crippen LogP contribution in [0.1, 0.15) is 14.5 Å².